The van der Waals surface area contributed by atoms with Crippen LogP contribution in [0.15, 0.2) is 36.5 Å². The first kappa shape index (κ1) is 14.8. The molecule has 2 heterocycles. The second kappa shape index (κ2) is 6.73. The number of aromatic amines is 1. The summed E-state index contributed by atoms with van der Waals surface area (Å²) in [5.74, 6) is 0.850. The van der Waals surface area contributed by atoms with Crippen LogP contribution in [0.25, 0.3) is 22.6 Å². The van der Waals surface area contributed by atoms with E-state index in [2.05, 4.69) is 59.1 Å². The molecule has 0 saturated carbocycles. The zero-order chi connectivity index (χ0) is 15.4. The molecule has 3 nitrogen and oxygen atoms in total. The van der Waals surface area contributed by atoms with Crippen molar-refractivity contribution in [3.8, 4) is 11.5 Å². The van der Waals surface area contributed by atoms with E-state index < -0.39 is 0 Å². The topological polar surface area (TPSA) is 41.6 Å². The first-order valence-corrected chi connectivity index (χ1v) is 8.24. The number of nitrogens with zero attached hydrogens (tertiary/aromatic N) is 2. The van der Waals surface area contributed by atoms with Gasteiger partial charge in [-0.05, 0) is 48.6 Å². The van der Waals surface area contributed by atoms with Gasteiger partial charge < -0.3 is 4.98 Å². The lowest BCUT2D eigenvalue weighted by atomic mass is 10.1. The van der Waals surface area contributed by atoms with Gasteiger partial charge in [0.15, 0.2) is 5.82 Å². The van der Waals surface area contributed by atoms with Crippen molar-refractivity contribution < 1.29 is 0 Å². The van der Waals surface area contributed by atoms with Gasteiger partial charge in [-0.25, -0.2) is 4.98 Å². The molecule has 0 atom stereocenters. The van der Waals surface area contributed by atoms with E-state index in [0.717, 1.165) is 35.4 Å². The van der Waals surface area contributed by atoms with E-state index in [1.165, 1.54) is 30.4 Å². The maximum Gasteiger partial charge on any atom is 0.157 e. The Morgan fingerprint density at radius 3 is 2.59 bits per heavy atom. The molecule has 0 saturated heterocycles. The van der Waals surface area contributed by atoms with E-state index in [1.54, 1.807) is 0 Å². The Bertz CT molecular complexity index is 741. The molecular formula is C19H23N3. The smallest absolute Gasteiger partial charge is 0.157 e. The highest BCUT2D eigenvalue weighted by Crippen LogP contribution is 2.20. The van der Waals surface area contributed by atoms with Gasteiger partial charge in [0.25, 0.3) is 0 Å². The SMILES string of the molecule is CCCCCc1ccc(-c2nc3ccc(CC)cc3[nH]2)nc1. The molecule has 0 radical (unpaired) electrons. The molecule has 0 unspecified atom stereocenters. The van der Waals surface area contributed by atoms with E-state index in [9.17, 15) is 0 Å². The predicted octanol–water partition coefficient (Wildman–Crippen LogP) is 4.92. The van der Waals surface area contributed by atoms with Crippen LogP contribution >= 0.6 is 0 Å². The fourth-order valence-electron chi connectivity index (χ4n) is 2.69. The van der Waals surface area contributed by atoms with Gasteiger partial charge in [-0.3, -0.25) is 4.98 Å². The van der Waals surface area contributed by atoms with Crippen LogP contribution in [0.5, 0.6) is 0 Å². The Hall–Kier alpha value is -2.16. The van der Waals surface area contributed by atoms with Crippen molar-refractivity contribution in [3.63, 3.8) is 0 Å². The van der Waals surface area contributed by atoms with Crippen molar-refractivity contribution in [2.24, 2.45) is 0 Å². The summed E-state index contributed by atoms with van der Waals surface area (Å²) in [4.78, 5) is 12.6. The van der Waals surface area contributed by atoms with Crippen molar-refractivity contribution >= 4 is 11.0 Å². The molecule has 0 bridgehead atoms. The lowest BCUT2D eigenvalue weighted by Crippen LogP contribution is -1.90. The van der Waals surface area contributed by atoms with E-state index >= 15 is 0 Å². The molecule has 2 aromatic heterocycles. The number of pyridine rings is 1. The number of hydrogen-bond acceptors (Lipinski definition) is 2. The lowest BCUT2D eigenvalue weighted by Gasteiger charge is -2.01. The van der Waals surface area contributed by atoms with E-state index in [0.29, 0.717) is 0 Å². The van der Waals surface area contributed by atoms with Crippen LogP contribution in [-0.4, -0.2) is 15.0 Å². The summed E-state index contributed by atoms with van der Waals surface area (Å²) in [7, 11) is 0. The predicted molar refractivity (Wildman–Crippen MR) is 91.9 cm³/mol. The Balaban J connectivity index is 1.81. The van der Waals surface area contributed by atoms with Crippen LogP contribution in [-0.2, 0) is 12.8 Å². The van der Waals surface area contributed by atoms with Gasteiger partial charge in [0.05, 0.1) is 11.0 Å². The minimum absolute atomic E-state index is 0.850. The number of fused-ring (bicyclic) bond motifs is 1. The van der Waals surface area contributed by atoms with Crippen LogP contribution in [0.2, 0.25) is 0 Å². The molecule has 0 amide bonds. The normalized spacial score (nSPS) is 11.2. The summed E-state index contributed by atoms with van der Waals surface area (Å²) >= 11 is 0. The van der Waals surface area contributed by atoms with Crippen molar-refractivity contribution in [2.45, 2.75) is 46.0 Å². The fourth-order valence-corrected chi connectivity index (χ4v) is 2.69. The summed E-state index contributed by atoms with van der Waals surface area (Å²) in [6, 6.07) is 10.6. The molecule has 0 fully saturated rings. The second-order valence-electron chi connectivity index (χ2n) is 5.80. The van der Waals surface area contributed by atoms with Crippen molar-refractivity contribution in [1.82, 2.24) is 15.0 Å². The second-order valence-corrected chi connectivity index (χ2v) is 5.80. The molecule has 114 valence electrons. The van der Waals surface area contributed by atoms with Crippen LogP contribution in [0.4, 0.5) is 0 Å². The van der Waals surface area contributed by atoms with E-state index in [-0.39, 0.29) is 0 Å². The quantitative estimate of drug-likeness (QED) is 0.655. The van der Waals surface area contributed by atoms with Crippen LogP contribution in [0.3, 0.4) is 0 Å². The minimum atomic E-state index is 0.850. The lowest BCUT2D eigenvalue weighted by molar-refractivity contribution is 0.716. The fraction of sp³-hybridized carbons (Fsp3) is 0.368. The Morgan fingerprint density at radius 1 is 1.00 bits per heavy atom. The summed E-state index contributed by atoms with van der Waals surface area (Å²) in [6.45, 7) is 4.39. The number of unbranched alkanes of at least 4 members (excludes halogenated alkanes) is 2. The number of aryl methyl sites for hydroxylation is 2. The molecule has 0 aliphatic heterocycles. The van der Waals surface area contributed by atoms with Crippen molar-refractivity contribution in [1.29, 1.82) is 0 Å². The molecule has 3 heteroatoms. The number of hydrogen-bond donors (Lipinski definition) is 1. The van der Waals surface area contributed by atoms with Gasteiger partial charge in [0, 0.05) is 6.20 Å². The number of nitrogens with one attached hydrogen (secondary N) is 1. The molecule has 22 heavy (non-hydrogen) atoms. The molecule has 1 N–H and O–H groups in total. The van der Waals surface area contributed by atoms with Gasteiger partial charge in [0.2, 0.25) is 0 Å². The first-order chi connectivity index (χ1) is 10.8. The average molecular weight is 293 g/mol. The van der Waals surface area contributed by atoms with Gasteiger partial charge in [-0.2, -0.15) is 0 Å². The van der Waals surface area contributed by atoms with Crippen molar-refractivity contribution in [2.75, 3.05) is 0 Å². The summed E-state index contributed by atoms with van der Waals surface area (Å²) in [5, 5.41) is 0. The van der Waals surface area contributed by atoms with Crippen LogP contribution in [0.1, 0.15) is 44.2 Å². The molecule has 0 aliphatic rings. The van der Waals surface area contributed by atoms with Crippen LogP contribution < -0.4 is 0 Å². The highest BCUT2D eigenvalue weighted by atomic mass is 14.9. The maximum atomic E-state index is 4.65. The zero-order valence-corrected chi connectivity index (χ0v) is 13.4. The number of imidazole rings is 1. The summed E-state index contributed by atoms with van der Waals surface area (Å²) in [5.41, 5.74) is 5.63. The zero-order valence-electron chi connectivity index (χ0n) is 13.4. The van der Waals surface area contributed by atoms with E-state index in [1.807, 2.05) is 6.20 Å². The highest BCUT2D eigenvalue weighted by Gasteiger charge is 2.07. The molecule has 3 rings (SSSR count). The molecule has 0 aliphatic carbocycles. The third-order valence-corrected chi connectivity index (χ3v) is 4.09. The number of aromatic nitrogens is 3. The Labute approximate surface area is 131 Å². The van der Waals surface area contributed by atoms with E-state index in [4.69, 9.17) is 0 Å². The number of rotatable bonds is 6. The van der Waals surface area contributed by atoms with Gasteiger partial charge in [-0.1, -0.05) is 38.8 Å². The standard InChI is InChI=1S/C19H23N3/c1-3-5-6-7-15-9-11-17(20-13-15)19-21-16-10-8-14(4-2)12-18(16)22-19/h8-13H,3-7H2,1-2H3,(H,21,22). The summed E-state index contributed by atoms with van der Waals surface area (Å²) in [6.07, 6.45) is 7.91. The number of benzene rings is 1. The third-order valence-electron chi connectivity index (χ3n) is 4.09. The molecule has 3 aromatic rings. The van der Waals surface area contributed by atoms with Gasteiger partial charge >= 0.3 is 0 Å². The number of H-pyrrole nitrogens is 1. The first-order valence-electron chi connectivity index (χ1n) is 8.24. The van der Waals surface area contributed by atoms with Crippen LogP contribution in [0, 0.1) is 0 Å². The molecule has 1 aromatic carbocycles. The largest absolute Gasteiger partial charge is 0.337 e. The molecular weight excluding hydrogens is 270 g/mol. The monoisotopic (exact) mass is 293 g/mol. The summed E-state index contributed by atoms with van der Waals surface area (Å²) < 4.78 is 0. The average Bonchev–Trinajstić information content (AvgIpc) is 2.98. The minimum Gasteiger partial charge on any atom is -0.337 e. The Kier molecular flexibility index (Phi) is 4.52. The Morgan fingerprint density at radius 2 is 1.86 bits per heavy atom. The third kappa shape index (κ3) is 3.19. The van der Waals surface area contributed by atoms with Gasteiger partial charge in [0.1, 0.15) is 5.69 Å². The maximum absolute atomic E-state index is 4.65. The van der Waals surface area contributed by atoms with Gasteiger partial charge in [-0.15, -0.1) is 0 Å². The molecule has 0 spiro atoms. The highest BCUT2D eigenvalue weighted by molar-refractivity contribution is 5.79. The van der Waals surface area contributed by atoms with Crippen molar-refractivity contribution in [3.05, 3.63) is 47.7 Å².